The van der Waals surface area contributed by atoms with Crippen LogP contribution in [0.4, 0.5) is 5.69 Å². The zero-order valence-electron chi connectivity index (χ0n) is 16.6. The lowest BCUT2D eigenvalue weighted by Gasteiger charge is -2.34. The first-order valence-corrected chi connectivity index (χ1v) is 10.7. The van der Waals surface area contributed by atoms with Gasteiger partial charge in [-0.15, -0.1) is 11.3 Å². The molecule has 10 nitrogen and oxygen atoms in total. The number of phenols is 1. The number of hydrogen-bond donors (Lipinski definition) is 1. The zero-order chi connectivity index (χ0) is 21.8. The number of aromatic hydroxyl groups is 1. The first kappa shape index (κ1) is 20.9. The summed E-state index contributed by atoms with van der Waals surface area (Å²) in [6.45, 7) is 3.43. The number of benzene rings is 1. The predicted octanol–water partition coefficient (Wildman–Crippen LogP) is 2.80. The Morgan fingerprint density at radius 1 is 1.26 bits per heavy atom. The van der Waals surface area contributed by atoms with E-state index in [-0.39, 0.29) is 11.5 Å². The molecule has 1 aromatic carbocycles. The van der Waals surface area contributed by atoms with E-state index in [0.717, 1.165) is 43.1 Å². The minimum absolute atomic E-state index is 0.239. The maximum absolute atomic E-state index is 12.6. The summed E-state index contributed by atoms with van der Waals surface area (Å²) in [6, 6.07) is 7.59. The van der Waals surface area contributed by atoms with Gasteiger partial charge in [-0.1, -0.05) is 11.2 Å². The molecule has 0 atom stereocenters. The molecule has 11 heteroatoms. The number of aryl methyl sites for hydroxylation is 1. The Morgan fingerprint density at radius 2 is 2.06 bits per heavy atom. The van der Waals surface area contributed by atoms with Crippen LogP contribution in [-0.2, 0) is 6.42 Å². The number of piperazine rings is 1. The number of phenolic OH excluding ortho intramolecular Hbond substituents is 1. The Morgan fingerprint density at radius 3 is 2.74 bits per heavy atom. The van der Waals surface area contributed by atoms with Crippen molar-refractivity contribution in [3.8, 4) is 16.5 Å². The molecule has 1 N–H and O–H groups in total. The van der Waals surface area contributed by atoms with Crippen LogP contribution in [0, 0.1) is 10.1 Å². The van der Waals surface area contributed by atoms with Gasteiger partial charge in [-0.25, -0.2) is 0 Å². The molecule has 3 heterocycles. The lowest BCUT2D eigenvalue weighted by molar-refractivity contribution is -0.385. The molecule has 1 fully saturated rings. The number of carbonyl (C=O) groups excluding carboxylic acids is 1. The minimum atomic E-state index is -0.681. The Balaban J connectivity index is 1.23. The van der Waals surface area contributed by atoms with E-state index in [4.69, 9.17) is 4.52 Å². The standard InChI is InChI=1S/C20H21N5O5S/c26-16-13-14(5-6-15(16)25(28)29)20(27)24-10-8-23(9-11-24)7-1-4-18-21-19(22-30-18)17-3-2-12-31-17/h2-3,5-6,12-13,26H,1,4,7-11H2. The van der Waals surface area contributed by atoms with Crippen molar-refractivity contribution in [2.75, 3.05) is 32.7 Å². The molecule has 0 unspecified atom stereocenters. The molecule has 1 aliphatic rings. The van der Waals surface area contributed by atoms with Crippen molar-refractivity contribution in [2.24, 2.45) is 0 Å². The second kappa shape index (κ2) is 9.23. The van der Waals surface area contributed by atoms with Gasteiger partial charge in [0, 0.05) is 44.2 Å². The van der Waals surface area contributed by atoms with Crippen LogP contribution in [0.2, 0.25) is 0 Å². The predicted molar refractivity (Wildman–Crippen MR) is 113 cm³/mol. The number of aromatic nitrogens is 2. The molecule has 2 aromatic heterocycles. The summed E-state index contributed by atoms with van der Waals surface area (Å²) in [6.07, 6.45) is 1.57. The number of hydrogen-bond acceptors (Lipinski definition) is 9. The first-order chi connectivity index (χ1) is 15.0. The van der Waals surface area contributed by atoms with Crippen LogP contribution < -0.4 is 0 Å². The molecule has 0 bridgehead atoms. The quantitative estimate of drug-likeness (QED) is 0.436. The van der Waals surface area contributed by atoms with Gasteiger partial charge in [-0.2, -0.15) is 4.98 Å². The summed E-state index contributed by atoms with van der Waals surface area (Å²) >= 11 is 1.57. The summed E-state index contributed by atoms with van der Waals surface area (Å²) in [5.74, 6) is 0.499. The number of nitro groups is 1. The number of nitro benzene ring substituents is 1. The van der Waals surface area contributed by atoms with E-state index < -0.39 is 16.4 Å². The highest BCUT2D eigenvalue weighted by molar-refractivity contribution is 7.13. The monoisotopic (exact) mass is 443 g/mol. The molecule has 31 heavy (non-hydrogen) atoms. The van der Waals surface area contributed by atoms with Gasteiger partial charge in [0.25, 0.3) is 5.91 Å². The lowest BCUT2D eigenvalue weighted by atomic mass is 10.1. The smallest absolute Gasteiger partial charge is 0.310 e. The maximum Gasteiger partial charge on any atom is 0.310 e. The van der Waals surface area contributed by atoms with Crippen molar-refractivity contribution < 1.29 is 19.3 Å². The van der Waals surface area contributed by atoms with Crippen LogP contribution in [0.3, 0.4) is 0 Å². The molecule has 0 spiro atoms. The average Bonchev–Trinajstić information content (AvgIpc) is 3.45. The van der Waals surface area contributed by atoms with Crippen molar-refractivity contribution in [1.82, 2.24) is 19.9 Å². The van der Waals surface area contributed by atoms with Crippen LogP contribution in [-0.4, -0.2) is 68.6 Å². The van der Waals surface area contributed by atoms with Gasteiger partial charge in [0.1, 0.15) is 0 Å². The van der Waals surface area contributed by atoms with E-state index in [1.807, 2.05) is 17.5 Å². The number of amides is 1. The van der Waals surface area contributed by atoms with Gasteiger partial charge < -0.3 is 14.5 Å². The molecule has 0 radical (unpaired) electrons. The van der Waals surface area contributed by atoms with Gasteiger partial charge in [0.2, 0.25) is 11.7 Å². The largest absolute Gasteiger partial charge is 0.502 e. The number of carbonyl (C=O) groups is 1. The van der Waals surface area contributed by atoms with E-state index in [1.54, 1.807) is 16.2 Å². The van der Waals surface area contributed by atoms with Gasteiger partial charge in [-0.3, -0.25) is 19.8 Å². The van der Waals surface area contributed by atoms with Crippen LogP contribution in [0.1, 0.15) is 22.7 Å². The third kappa shape index (κ3) is 4.89. The van der Waals surface area contributed by atoms with Crippen molar-refractivity contribution in [2.45, 2.75) is 12.8 Å². The fourth-order valence-electron chi connectivity index (χ4n) is 3.48. The van der Waals surface area contributed by atoms with E-state index in [1.165, 1.54) is 6.07 Å². The van der Waals surface area contributed by atoms with Crippen molar-refractivity contribution in [1.29, 1.82) is 0 Å². The molecule has 1 amide bonds. The summed E-state index contributed by atoms with van der Waals surface area (Å²) in [5.41, 5.74) is -0.167. The summed E-state index contributed by atoms with van der Waals surface area (Å²) < 4.78 is 5.32. The van der Waals surface area contributed by atoms with Gasteiger partial charge in [0.05, 0.1) is 9.80 Å². The van der Waals surface area contributed by atoms with Crippen molar-refractivity contribution in [3.63, 3.8) is 0 Å². The van der Waals surface area contributed by atoms with Crippen LogP contribution >= 0.6 is 11.3 Å². The Bertz CT molecular complexity index is 1060. The third-order valence-corrected chi connectivity index (χ3v) is 6.02. The molecule has 1 saturated heterocycles. The maximum atomic E-state index is 12.6. The molecule has 0 saturated carbocycles. The second-order valence-corrected chi connectivity index (χ2v) is 8.13. The highest BCUT2D eigenvalue weighted by Gasteiger charge is 2.24. The van der Waals surface area contributed by atoms with Crippen LogP contribution in [0.5, 0.6) is 5.75 Å². The second-order valence-electron chi connectivity index (χ2n) is 7.19. The minimum Gasteiger partial charge on any atom is -0.502 e. The van der Waals surface area contributed by atoms with Gasteiger partial charge in [-0.05, 0) is 36.5 Å². The normalized spacial score (nSPS) is 14.6. The Kier molecular flexibility index (Phi) is 6.23. The van der Waals surface area contributed by atoms with Gasteiger partial charge >= 0.3 is 5.69 Å². The average molecular weight is 443 g/mol. The highest BCUT2D eigenvalue weighted by atomic mass is 32.1. The molecular formula is C20H21N5O5S. The van der Waals surface area contributed by atoms with E-state index in [2.05, 4.69) is 15.0 Å². The summed E-state index contributed by atoms with van der Waals surface area (Å²) in [4.78, 5) is 32.1. The van der Waals surface area contributed by atoms with Crippen LogP contribution in [0.25, 0.3) is 10.7 Å². The summed E-state index contributed by atoms with van der Waals surface area (Å²) in [7, 11) is 0. The number of rotatable bonds is 7. The summed E-state index contributed by atoms with van der Waals surface area (Å²) in [5, 5.41) is 26.6. The van der Waals surface area contributed by atoms with Crippen molar-refractivity contribution in [3.05, 3.63) is 57.3 Å². The van der Waals surface area contributed by atoms with E-state index in [0.29, 0.717) is 31.2 Å². The zero-order valence-corrected chi connectivity index (χ0v) is 17.5. The van der Waals surface area contributed by atoms with Crippen molar-refractivity contribution >= 4 is 22.9 Å². The highest BCUT2D eigenvalue weighted by Crippen LogP contribution is 2.27. The molecule has 4 rings (SSSR count). The molecular weight excluding hydrogens is 422 g/mol. The molecule has 1 aliphatic heterocycles. The lowest BCUT2D eigenvalue weighted by Crippen LogP contribution is -2.48. The van der Waals surface area contributed by atoms with E-state index in [9.17, 15) is 20.0 Å². The molecule has 162 valence electrons. The fourth-order valence-corrected chi connectivity index (χ4v) is 4.13. The van der Waals surface area contributed by atoms with E-state index >= 15 is 0 Å². The Hall–Kier alpha value is -3.31. The third-order valence-electron chi connectivity index (χ3n) is 5.15. The molecule has 3 aromatic rings. The SMILES string of the molecule is O=C(c1ccc([N+](=O)[O-])c(O)c1)N1CCN(CCCc2nc(-c3cccs3)no2)CC1. The molecule has 0 aliphatic carbocycles. The Labute approximate surface area is 181 Å². The number of nitrogens with zero attached hydrogens (tertiary/aromatic N) is 5. The number of thiophene rings is 1. The van der Waals surface area contributed by atoms with Gasteiger partial charge in [0.15, 0.2) is 5.75 Å². The van der Waals surface area contributed by atoms with Crippen LogP contribution in [0.15, 0.2) is 40.2 Å². The fraction of sp³-hybridized carbons (Fsp3) is 0.350. The topological polar surface area (TPSA) is 126 Å². The first-order valence-electron chi connectivity index (χ1n) is 9.87.